The summed E-state index contributed by atoms with van der Waals surface area (Å²) < 4.78 is 0. The Morgan fingerprint density at radius 1 is 1.29 bits per heavy atom. The number of carbonyl (C=O) groups is 2. The van der Waals surface area contributed by atoms with Crippen molar-refractivity contribution in [3.8, 4) is 0 Å². The van der Waals surface area contributed by atoms with Crippen LogP contribution in [0.4, 0.5) is 10.5 Å². The van der Waals surface area contributed by atoms with Crippen molar-refractivity contribution in [3.05, 3.63) is 29.3 Å². The predicted octanol–water partition coefficient (Wildman–Crippen LogP) is 1.85. The molecule has 0 heterocycles. The van der Waals surface area contributed by atoms with E-state index in [2.05, 4.69) is 5.32 Å². The molecule has 2 N–H and O–H groups in total. The minimum Gasteiger partial charge on any atom is -0.480 e. The highest BCUT2D eigenvalue weighted by Crippen LogP contribution is 2.19. The number of para-hydroxylation sites is 1. The second-order valence-electron chi connectivity index (χ2n) is 3.95. The molecule has 0 bridgehead atoms. The highest BCUT2D eigenvalue weighted by Gasteiger charge is 2.13. The normalized spacial score (nSPS) is 9.82. The highest BCUT2D eigenvalue weighted by molar-refractivity contribution is 5.92. The fourth-order valence-corrected chi connectivity index (χ4v) is 1.49. The Bertz CT molecular complexity index is 423. The van der Waals surface area contributed by atoms with Crippen molar-refractivity contribution >= 4 is 17.7 Å². The second-order valence-corrected chi connectivity index (χ2v) is 3.95. The first-order valence-electron chi connectivity index (χ1n) is 5.22. The third kappa shape index (κ3) is 3.48. The van der Waals surface area contributed by atoms with Gasteiger partial charge in [-0.3, -0.25) is 4.79 Å². The number of nitrogens with zero attached hydrogens (tertiary/aromatic N) is 1. The highest BCUT2D eigenvalue weighted by atomic mass is 16.4. The molecule has 0 spiro atoms. The van der Waals surface area contributed by atoms with Crippen LogP contribution in [0.1, 0.15) is 11.1 Å². The molecule has 1 rings (SSSR count). The molecule has 0 aliphatic heterocycles. The number of benzene rings is 1. The largest absolute Gasteiger partial charge is 0.480 e. The fourth-order valence-electron chi connectivity index (χ4n) is 1.49. The van der Waals surface area contributed by atoms with Gasteiger partial charge in [0.05, 0.1) is 0 Å². The first-order chi connectivity index (χ1) is 7.91. The topological polar surface area (TPSA) is 69.6 Å². The van der Waals surface area contributed by atoms with Crippen LogP contribution in [0.3, 0.4) is 0 Å². The lowest BCUT2D eigenvalue weighted by atomic mass is 10.1. The Kier molecular flexibility index (Phi) is 4.09. The van der Waals surface area contributed by atoms with E-state index in [0.29, 0.717) is 0 Å². The smallest absolute Gasteiger partial charge is 0.323 e. The maximum Gasteiger partial charge on any atom is 0.323 e. The molecule has 17 heavy (non-hydrogen) atoms. The first kappa shape index (κ1) is 13.0. The minimum atomic E-state index is -1.04. The average Bonchev–Trinajstić information content (AvgIpc) is 2.22. The third-order valence-electron chi connectivity index (χ3n) is 2.43. The van der Waals surface area contributed by atoms with E-state index in [0.717, 1.165) is 21.7 Å². The Hall–Kier alpha value is -2.04. The molecule has 5 nitrogen and oxygen atoms in total. The van der Waals surface area contributed by atoms with E-state index in [1.54, 1.807) is 0 Å². The lowest BCUT2D eigenvalue weighted by Crippen LogP contribution is -2.35. The van der Waals surface area contributed by atoms with Gasteiger partial charge in [-0.15, -0.1) is 0 Å². The van der Waals surface area contributed by atoms with Crippen molar-refractivity contribution in [2.75, 3.05) is 18.9 Å². The van der Waals surface area contributed by atoms with Crippen LogP contribution in [0.25, 0.3) is 0 Å². The van der Waals surface area contributed by atoms with E-state index >= 15 is 0 Å². The zero-order valence-corrected chi connectivity index (χ0v) is 10.2. The Morgan fingerprint density at radius 2 is 1.82 bits per heavy atom. The number of hydrogen-bond donors (Lipinski definition) is 2. The van der Waals surface area contributed by atoms with Gasteiger partial charge in [0, 0.05) is 12.7 Å². The molecule has 0 aromatic heterocycles. The van der Waals surface area contributed by atoms with E-state index in [1.165, 1.54) is 7.05 Å². The standard InChI is InChI=1S/C12H16N2O3/c1-8-5-4-6-9(2)11(8)13-12(17)14(3)7-10(15)16/h4-6H,7H2,1-3H3,(H,13,17)(H,15,16). The number of hydrogen-bond acceptors (Lipinski definition) is 2. The third-order valence-corrected chi connectivity index (χ3v) is 2.43. The van der Waals surface area contributed by atoms with Gasteiger partial charge in [0.2, 0.25) is 0 Å². The quantitative estimate of drug-likeness (QED) is 0.841. The zero-order valence-electron chi connectivity index (χ0n) is 10.2. The molecule has 0 radical (unpaired) electrons. The number of amides is 2. The van der Waals surface area contributed by atoms with Crippen LogP contribution in [0.15, 0.2) is 18.2 Å². The van der Waals surface area contributed by atoms with Crippen molar-refractivity contribution < 1.29 is 14.7 Å². The molecule has 1 aromatic rings. The minimum absolute atomic E-state index is 0.323. The molecule has 0 saturated heterocycles. The molecule has 0 fully saturated rings. The summed E-state index contributed by atoms with van der Waals surface area (Å²) in [6.45, 7) is 3.45. The lowest BCUT2D eigenvalue weighted by molar-refractivity contribution is -0.137. The molecule has 0 unspecified atom stereocenters. The summed E-state index contributed by atoms with van der Waals surface area (Å²) in [6.07, 6.45) is 0. The van der Waals surface area contributed by atoms with Crippen molar-refractivity contribution in [2.24, 2.45) is 0 Å². The number of anilines is 1. The van der Waals surface area contributed by atoms with Gasteiger partial charge in [-0.05, 0) is 25.0 Å². The number of likely N-dealkylation sites (N-methyl/N-ethyl adjacent to an activating group) is 1. The van der Waals surface area contributed by atoms with Gasteiger partial charge >= 0.3 is 12.0 Å². The molecule has 0 saturated carbocycles. The Balaban J connectivity index is 2.78. The molecular formula is C12H16N2O3. The van der Waals surface area contributed by atoms with Crippen LogP contribution in [-0.2, 0) is 4.79 Å². The fraction of sp³-hybridized carbons (Fsp3) is 0.333. The van der Waals surface area contributed by atoms with E-state index < -0.39 is 12.0 Å². The number of urea groups is 1. The molecule has 0 atom stereocenters. The van der Waals surface area contributed by atoms with Crippen LogP contribution >= 0.6 is 0 Å². The number of carboxylic acids is 1. The Morgan fingerprint density at radius 3 is 2.29 bits per heavy atom. The summed E-state index contributed by atoms with van der Waals surface area (Å²) in [5.74, 6) is -1.04. The van der Waals surface area contributed by atoms with Gasteiger partial charge < -0.3 is 15.3 Å². The van der Waals surface area contributed by atoms with Gasteiger partial charge in [0.25, 0.3) is 0 Å². The van der Waals surface area contributed by atoms with Crippen molar-refractivity contribution in [1.29, 1.82) is 0 Å². The van der Waals surface area contributed by atoms with Gasteiger partial charge in [-0.25, -0.2) is 4.79 Å². The van der Waals surface area contributed by atoms with E-state index in [4.69, 9.17) is 5.11 Å². The number of aryl methyl sites for hydroxylation is 2. The zero-order chi connectivity index (χ0) is 13.0. The summed E-state index contributed by atoms with van der Waals surface area (Å²) in [4.78, 5) is 23.3. The van der Waals surface area contributed by atoms with Crippen molar-refractivity contribution in [1.82, 2.24) is 4.90 Å². The molecule has 0 aliphatic carbocycles. The molecule has 0 aliphatic rings. The number of nitrogens with one attached hydrogen (secondary N) is 1. The second kappa shape index (κ2) is 5.34. The van der Waals surface area contributed by atoms with Gasteiger partial charge in [-0.1, -0.05) is 18.2 Å². The summed E-state index contributed by atoms with van der Waals surface area (Å²) in [5.41, 5.74) is 2.62. The molecule has 1 aromatic carbocycles. The number of aliphatic carboxylic acids is 1. The summed E-state index contributed by atoms with van der Waals surface area (Å²) >= 11 is 0. The maximum atomic E-state index is 11.7. The maximum absolute atomic E-state index is 11.7. The van der Waals surface area contributed by atoms with Gasteiger partial charge in [0.1, 0.15) is 6.54 Å². The predicted molar refractivity (Wildman–Crippen MR) is 65.2 cm³/mol. The molecule has 2 amide bonds. The van der Waals surface area contributed by atoms with Crippen LogP contribution in [0.5, 0.6) is 0 Å². The molecule has 5 heteroatoms. The van der Waals surface area contributed by atoms with Gasteiger partial charge in [0.15, 0.2) is 0 Å². The van der Waals surface area contributed by atoms with Crippen LogP contribution in [0.2, 0.25) is 0 Å². The van der Waals surface area contributed by atoms with Crippen LogP contribution in [0, 0.1) is 13.8 Å². The van der Waals surface area contributed by atoms with E-state index in [-0.39, 0.29) is 6.54 Å². The Labute approximate surface area is 100 Å². The monoisotopic (exact) mass is 236 g/mol. The van der Waals surface area contributed by atoms with E-state index in [9.17, 15) is 9.59 Å². The average molecular weight is 236 g/mol. The lowest BCUT2D eigenvalue weighted by Gasteiger charge is -2.18. The molecular weight excluding hydrogens is 220 g/mol. The summed E-state index contributed by atoms with van der Waals surface area (Å²) in [5, 5.41) is 11.3. The van der Waals surface area contributed by atoms with Crippen molar-refractivity contribution in [2.45, 2.75) is 13.8 Å². The van der Waals surface area contributed by atoms with Crippen LogP contribution in [-0.4, -0.2) is 35.6 Å². The van der Waals surface area contributed by atoms with Gasteiger partial charge in [-0.2, -0.15) is 0 Å². The molecule has 92 valence electrons. The SMILES string of the molecule is Cc1cccc(C)c1NC(=O)N(C)CC(=O)O. The summed E-state index contributed by atoms with van der Waals surface area (Å²) in [6, 6.07) is 5.26. The van der Waals surface area contributed by atoms with Crippen LogP contribution < -0.4 is 5.32 Å². The van der Waals surface area contributed by atoms with E-state index in [1.807, 2.05) is 32.0 Å². The number of carboxylic acid groups (broad SMARTS) is 1. The van der Waals surface area contributed by atoms with Crippen molar-refractivity contribution in [3.63, 3.8) is 0 Å². The first-order valence-corrected chi connectivity index (χ1v) is 5.22. The number of rotatable bonds is 3. The summed E-state index contributed by atoms with van der Waals surface area (Å²) in [7, 11) is 1.44. The number of carbonyl (C=O) groups excluding carboxylic acids is 1.